The van der Waals surface area contributed by atoms with Gasteiger partial charge in [0, 0.05) is 66.1 Å². The van der Waals surface area contributed by atoms with E-state index in [2.05, 4.69) is 505 Å². The largest absolute Gasteiger partial charge is 0.309 e. The Kier molecular flexibility index (Phi) is 19.9. The highest BCUT2D eigenvalue weighted by Crippen LogP contribution is 2.47. The third kappa shape index (κ3) is 14.8. The molecule has 0 amide bonds. The van der Waals surface area contributed by atoms with Crippen molar-refractivity contribution < 1.29 is 0 Å². The standard InChI is InChI=1S/C129H84N6/c1-8-31-85(32-9-1)98-61-65-122-117(81-98)118-83-101(100-63-66-121-116(82-100)115-57-22-23-59-120(115)133(121)112-55-29-50-97(80-112)110-76-107(89-39-16-5-17-40-89)73-108(77-110)90-41-18-6-19-42-90)64-67-123(118)134(122)111-54-27-48-95(78-111)92-45-24-46-93(69-92)96-49-28-56-113(79-96)135-124-68-62-99(86-33-10-2-11-34-86)84-119(124)126-114(58-30-60-125(126)135)102-51-26-53-104(71-102)129-131-127(91-43-20-7-21-44-91)130-128(132-129)103-52-25-47-94(70-103)109-74-105(87-35-12-3-13-36-87)72-106(75-109)88-37-14-4-15-38-88/h1-84H. The molecule has 0 aliphatic heterocycles. The second-order valence-corrected chi connectivity index (χ2v) is 35.0. The van der Waals surface area contributed by atoms with Crippen LogP contribution in [0.3, 0.4) is 0 Å². The molecule has 0 spiro atoms. The van der Waals surface area contributed by atoms with Crippen LogP contribution in [0.5, 0.6) is 0 Å². The van der Waals surface area contributed by atoms with Crippen LogP contribution in [0, 0.1) is 0 Å². The summed E-state index contributed by atoms with van der Waals surface area (Å²) in [4.78, 5) is 16.0. The molecule has 4 heterocycles. The van der Waals surface area contributed by atoms with Crippen LogP contribution in [0.2, 0.25) is 0 Å². The minimum Gasteiger partial charge on any atom is -0.309 e. The number of rotatable bonds is 18. The summed E-state index contributed by atoms with van der Waals surface area (Å²) < 4.78 is 7.36. The van der Waals surface area contributed by atoms with Gasteiger partial charge in [-0.15, -0.1) is 0 Å². The number of hydrogen-bond donors (Lipinski definition) is 0. The highest BCUT2D eigenvalue weighted by atomic mass is 15.0. The van der Waals surface area contributed by atoms with Crippen LogP contribution >= 0.6 is 0 Å². The Bertz CT molecular complexity index is 8770. The van der Waals surface area contributed by atoms with Gasteiger partial charge in [-0.3, -0.25) is 0 Å². The molecular formula is C129H84N6. The fraction of sp³-hybridized carbons (Fsp3) is 0. The zero-order valence-electron chi connectivity index (χ0n) is 73.7. The molecule has 21 aromatic carbocycles. The van der Waals surface area contributed by atoms with Crippen LogP contribution in [0.4, 0.5) is 0 Å². The van der Waals surface area contributed by atoms with Crippen molar-refractivity contribution in [3.63, 3.8) is 0 Å². The Hall–Kier alpha value is -18.0. The van der Waals surface area contributed by atoms with Crippen molar-refractivity contribution in [1.29, 1.82) is 0 Å². The van der Waals surface area contributed by atoms with Crippen LogP contribution in [0.15, 0.2) is 510 Å². The number of nitrogens with zero attached hydrogens (tertiary/aromatic N) is 6. The van der Waals surface area contributed by atoms with Gasteiger partial charge in [-0.2, -0.15) is 0 Å². The predicted molar refractivity (Wildman–Crippen MR) is 564 cm³/mol. The minimum atomic E-state index is 0.583. The summed E-state index contributed by atoms with van der Waals surface area (Å²) in [5, 5.41) is 7.09. The quantitative estimate of drug-likeness (QED) is 0.0860. The van der Waals surface area contributed by atoms with Crippen molar-refractivity contribution in [3.8, 4) is 185 Å². The third-order valence-electron chi connectivity index (χ3n) is 26.8. The van der Waals surface area contributed by atoms with E-state index in [9.17, 15) is 0 Å². The van der Waals surface area contributed by atoms with Crippen LogP contribution in [0.25, 0.3) is 250 Å². The maximum absolute atomic E-state index is 5.42. The van der Waals surface area contributed by atoms with Gasteiger partial charge in [0.15, 0.2) is 17.5 Å². The van der Waals surface area contributed by atoms with Gasteiger partial charge in [0.05, 0.1) is 33.1 Å². The van der Waals surface area contributed by atoms with Gasteiger partial charge < -0.3 is 13.7 Å². The lowest BCUT2D eigenvalue weighted by Crippen LogP contribution is -2.00. The van der Waals surface area contributed by atoms with E-state index in [0.29, 0.717) is 17.5 Å². The molecule has 0 fully saturated rings. The molecule has 135 heavy (non-hydrogen) atoms. The lowest BCUT2D eigenvalue weighted by atomic mass is 9.93. The maximum Gasteiger partial charge on any atom is 0.164 e. The second kappa shape index (κ2) is 33.8. The normalized spacial score (nSPS) is 11.6. The molecule has 25 aromatic rings. The zero-order chi connectivity index (χ0) is 89.2. The topological polar surface area (TPSA) is 53.5 Å². The average molecular weight is 1720 g/mol. The Morgan fingerprint density at radius 3 is 0.748 bits per heavy atom. The van der Waals surface area contributed by atoms with E-state index in [1.165, 1.54) is 60.5 Å². The summed E-state index contributed by atoms with van der Waals surface area (Å²) in [5.74, 6) is 1.77. The number of para-hydroxylation sites is 1. The lowest BCUT2D eigenvalue weighted by molar-refractivity contribution is 1.07. The van der Waals surface area contributed by atoms with Crippen molar-refractivity contribution in [3.05, 3.63) is 510 Å². The van der Waals surface area contributed by atoms with E-state index in [1.807, 2.05) is 18.2 Å². The monoisotopic (exact) mass is 1720 g/mol. The summed E-state index contributed by atoms with van der Waals surface area (Å²) in [6.07, 6.45) is 0. The van der Waals surface area contributed by atoms with Crippen LogP contribution in [0.1, 0.15) is 0 Å². The summed E-state index contributed by atoms with van der Waals surface area (Å²) in [6.45, 7) is 0. The Morgan fingerprint density at radius 2 is 0.341 bits per heavy atom. The molecule has 4 aromatic heterocycles. The first kappa shape index (κ1) is 79.2. The summed E-state index contributed by atoms with van der Waals surface area (Å²) >= 11 is 0. The summed E-state index contributed by atoms with van der Waals surface area (Å²) in [6, 6.07) is 186. The molecule has 0 atom stereocenters. The van der Waals surface area contributed by atoms with Gasteiger partial charge in [-0.05, 0) is 285 Å². The van der Waals surface area contributed by atoms with Gasteiger partial charge in [-0.25, -0.2) is 15.0 Å². The molecule has 0 saturated carbocycles. The van der Waals surface area contributed by atoms with Crippen LogP contribution < -0.4 is 0 Å². The molecule has 6 nitrogen and oxygen atoms in total. The molecule has 0 aliphatic carbocycles. The third-order valence-corrected chi connectivity index (χ3v) is 26.8. The molecule has 630 valence electrons. The van der Waals surface area contributed by atoms with Crippen molar-refractivity contribution in [2.24, 2.45) is 0 Å². The first-order valence-electron chi connectivity index (χ1n) is 46.1. The lowest BCUT2D eigenvalue weighted by Gasteiger charge is -2.14. The van der Waals surface area contributed by atoms with E-state index >= 15 is 0 Å². The Labute approximate surface area is 782 Å². The first-order chi connectivity index (χ1) is 66.9. The fourth-order valence-corrected chi connectivity index (χ4v) is 20.3. The van der Waals surface area contributed by atoms with Crippen molar-refractivity contribution in [1.82, 2.24) is 28.7 Å². The molecule has 0 radical (unpaired) electrons. The van der Waals surface area contributed by atoms with E-state index in [0.717, 1.165) is 172 Å². The van der Waals surface area contributed by atoms with Gasteiger partial charge in [0.25, 0.3) is 0 Å². The van der Waals surface area contributed by atoms with Crippen LogP contribution in [-0.2, 0) is 0 Å². The highest BCUT2D eigenvalue weighted by Gasteiger charge is 2.24. The maximum atomic E-state index is 5.42. The number of benzene rings is 21. The summed E-state index contributed by atoms with van der Waals surface area (Å²) in [7, 11) is 0. The second-order valence-electron chi connectivity index (χ2n) is 35.0. The zero-order valence-corrected chi connectivity index (χ0v) is 73.7. The molecule has 0 bridgehead atoms. The number of hydrogen-bond acceptors (Lipinski definition) is 3. The molecule has 25 rings (SSSR count). The predicted octanol–water partition coefficient (Wildman–Crippen LogP) is 34.2. The van der Waals surface area contributed by atoms with Crippen molar-refractivity contribution >= 4 is 65.4 Å². The molecule has 0 N–H and O–H groups in total. The van der Waals surface area contributed by atoms with E-state index < -0.39 is 0 Å². The molecular weight excluding hydrogens is 1630 g/mol. The number of fused-ring (bicyclic) bond motifs is 9. The molecule has 0 aliphatic rings. The average Bonchev–Trinajstić information content (AvgIpc) is 1.57. The summed E-state index contributed by atoms with van der Waals surface area (Å²) in [5.41, 5.74) is 40.2. The van der Waals surface area contributed by atoms with Gasteiger partial charge >= 0.3 is 0 Å². The highest BCUT2D eigenvalue weighted by molar-refractivity contribution is 6.18. The van der Waals surface area contributed by atoms with Crippen molar-refractivity contribution in [2.75, 3.05) is 0 Å². The van der Waals surface area contributed by atoms with E-state index in [4.69, 9.17) is 15.0 Å². The smallest absolute Gasteiger partial charge is 0.164 e. The SMILES string of the molecule is c1ccc(-c2cc(-c3ccccc3)cc(-c3cccc(-c4nc(-c5ccccc5)nc(-c5cccc(-c6cccc7c6c6cc(-c8ccccc8)ccc6n7-c6cccc(-c7cccc(-c8cccc(-n9c%10ccc(-c%11ccccc%11)cc%10c%10cc(-c%11ccc%12c(c%11)c%11ccccc%11n%12-c%11cccc(-c%12cc(-c%13ccccc%13)cc(-c%13ccccc%13)c%12)c%11)ccc%109)c8)c7)c6)c5)n4)c3)c2)cc1. The minimum absolute atomic E-state index is 0.583. The van der Waals surface area contributed by atoms with Gasteiger partial charge in [0.1, 0.15) is 0 Å². The van der Waals surface area contributed by atoms with Crippen LogP contribution in [-0.4, -0.2) is 28.7 Å². The van der Waals surface area contributed by atoms with Crippen molar-refractivity contribution in [2.45, 2.75) is 0 Å². The Balaban J connectivity index is 0.557. The Morgan fingerprint density at radius 1 is 0.119 bits per heavy atom. The molecule has 6 heteroatoms. The number of aromatic nitrogens is 6. The molecule has 0 saturated heterocycles. The van der Waals surface area contributed by atoms with E-state index in [-0.39, 0.29) is 0 Å². The molecule has 0 unspecified atom stereocenters. The fourth-order valence-electron chi connectivity index (χ4n) is 20.3. The first-order valence-corrected chi connectivity index (χ1v) is 46.1. The van der Waals surface area contributed by atoms with E-state index in [1.54, 1.807) is 0 Å². The van der Waals surface area contributed by atoms with Gasteiger partial charge in [0.2, 0.25) is 0 Å². The van der Waals surface area contributed by atoms with Gasteiger partial charge in [-0.1, -0.05) is 358 Å².